The van der Waals surface area contributed by atoms with Crippen molar-refractivity contribution in [3.63, 3.8) is 0 Å². The smallest absolute Gasteiger partial charge is 0.271 e. The standard InChI is InChI=1S/C25H19FN2O3S/c1-16-2-7-19(8-3-16)27-25-28(20-9-5-18(26)6-10-20)24(29)23(32-25)15-17-4-11-21-22(14-17)31-13-12-30-21/h2-11,14-15H,12-13H2,1H3/b23-15-,27-25-. The molecule has 1 amide bonds. The van der Waals surface area contributed by atoms with E-state index >= 15 is 0 Å². The van der Waals surface area contributed by atoms with Crippen molar-refractivity contribution in [2.75, 3.05) is 18.1 Å². The second-order valence-corrected chi connectivity index (χ2v) is 8.37. The summed E-state index contributed by atoms with van der Waals surface area (Å²) in [7, 11) is 0. The minimum absolute atomic E-state index is 0.220. The lowest BCUT2D eigenvalue weighted by Gasteiger charge is -2.18. The van der Waals surface area contributed by atoms with Gasteiger partial charge in [-0.2, -0.15) is 0 Å². The Kier molecular flexibility index (Phi) is 5.41. The average Bonchev–Trinajstić information content (AvgIpc) is 3.10. The number of carbonyl (C=O) groups is 1. The Labute approximate surface area is 189 Å². The number of rotatable bonds is 3. The Morgan fingerprint density at radius 2 is 1.69 bits per heavy atom. The molecule has 0 saturated carbocycles. The number of anilines is 1. The molecular weight excluding hydrogens is 427 g/mol. The van der Waals surface area contributed by atoms with E-state index in [9.17, 15) is 9.18 Å². The Hall–Kier alpha value is -3.58. The molecule has 0 unspecified atom stereocenters. The number of aliphatic imine (C=N–C) groups is 1. The van der Waals surface area contributed by atoms with E-state index in [4.69, 9.17) is 14.5 Å². The van der Waals surface area contributed by atoms with Gasteiger partial charge in [-0.05, 0) is 78.9 Å². The first-order valence-corrected chi connectivity index (χ1v) is 10.9. The van der Waals surface area contributed by atoms with Crippen LogP contribution in [0.4, 0.5) is 15.8 Å². The van der Waals surface area contributed by atoms with E-state index in [1.807, 2.05) is 49.4 Å². The van der Waals surface area contributed by atoms with Crippen LogP contribution in [0.25, 0.3) is 6.08 Å². The Morgan fingerprint density at radius 1 is 0.969 bits per heavy atom. The van der Waals surface area contributed by atoms with E-state index < -0.39 is 0 Å². The molecule has 3 aromatic rings. The fourth-order valence-corrected chi connectivity index (χ4v) is 4.40. The summed E-state index contributed by atoms with van der Waals surface area (Å²) in [6.45, 7) is 3.02. The van der Waals surface area contributed by atoms with Crippen LogP contribution < -0.4 is 14.4 Å². The average molecular weight is 447 g/mol. The maximum absolute atomic E-state index is 13.5. The van der Waals surface area contributed by atoms with Crippen molar-refractivity contribution >= 4 is 40.3 Å². The van der Waals surface area contributed by atoms with Crippen LogP contribution in [0.3, 0.4) is 0 Å². The predicted octanol–water partition coefficient (Wildman–Crippen LogP) is 5.71. The maximum atomic E-state index is 13.5. The van der Waals surface area contributed by atoms with E-state index in [1.165, 1.54) is 28.8 Å². The summed E-state index contributed by atoms with van der Waals surface area (Å²) in [6.07, 6.45) is 1.80. The number of benzene rings is 3. The van der Waals surface area contributed by atoms with Gasteiger partial charge in [-0.15, -0.1) is 0 Å². The number of carbonyl (C=O) groups excluding carboxylic acids is 1. The highest BCUT2D eigenvalue weighted by Gasteiger charge is 2.35. The molecular formula is C25H19FN2O3S. The normalized spacial score (nSPS) is 17.9. The molecule has 5 nitrogen and oxygen atoms in total. The van der Waals surface area contributed by atoms with Crippen molar-refractivity contribution in [2.45, 2.75) is 6.92 Å². The molecule has 5 rings (SSSR count). The van der Waals surface area contributed by atoms with Gasteiger partial charge in [0, 0.05) is 0 Å². The number of hydrogen-bond donors (Lipinski definition) is 0. The van der Waals surface area contributed by atoms with Crippen molar-refractivity contribution in [3.8, 4) is 11.5 Å². The predicted molar refractivity (Wildman–Crippen MR) is 125 cm³/mol. The van der Waals surface area contributed by atoms with Gasteiger partial charge in [0.25, 0.3) is 5.91 Å². The molecule has 1 fully saturated rings. The van der Waals surface area contributed by atoms with Crippen molar-refractivity contribution in [1.29, 1.82) is 0 Å². The number of thioether (sulfide) groups is 1. The summed E-state index contributed by atoms with van der Waals surface area (Å²) in [5.41, 5.74) is 3.23. The van der Waals surface area contributed by atoms with Gasteiger partial charge in [-0.1, -0.05) is 23.8 Å². The first-order chi connectivity index (χ1) is 15.6. The SMILES string of the molecule is Cc1ccc(/N=C2\S/C(=C\c3ccc4c(c3)OCCO4)C(=O)N2c2ccc(F)cc2)cc1. The Bertz CT molecular complexity index is 1240. The molecule has 0 spiro atoms. The molecule has 2 heterocycles. The van der Waals surface area contributed by atoms with Crippen LogP contribution >= 0.6 is 11.8 Å². The summed E-state index contributed by atoms with van der Waals surface area (Å²) in [4.78, 5) is 20.1. The fraction of sp³-hybridized carbons (Fsp3) is 0.120. The Morgan fingerprint density at radius 3 is 2.44 bits per heavy atom. The lowest BCUT2D eigenvalue weighted by Crippen LogP contribution is -2.28. The topological polar surface area (TPSA) is 51.1 Å². The van der Waals surface area contributed by atoms with Gasteiger partial charge < -0.3 is 9.47 Å². The van der Waals surface area contributed by atoms with Crippen LogP contribution in [0.1, 0.15) is 11.1 Å². The summed E-state index contributed by atoms with van der Waals surface area (Å²) < 4.78 is 24.7. The lowest BCUT2D eigenvalue weighted by molar-refractivity contribution is -0.113. The molecule has 0 atom stereocenters. The number of fused-ring (bicyclic) bond motifs is 1. The Balaban J connectivity index is 1.53. The van der Waals surface area contributed by atoms with E-state index in [0.717, 1.165) is 16.8 Å². The first kappa shape index (κ1) is 20.3. The summed E-state index contributed by atoms with van der Waals surface area (Å²) in [6, 6.07) is 19.1. The number of amidine groups is 1. The zero-order valence-electron chi connectivity index (χ0n) is 17.2. The first-order valence-electron chi connectivity index (χ1n) is 10.1. The molecule has 0 aliphatic carbocycles. The van der Waals surface area contributed by atoms with Crippen LogP contribution in [-0.4, -0.2) is 24.3 Å². The second kappa shape index (κ2) is 8.51. The zero-order valence-corrected chi connectivity index (χ0v) is 18.1. The quantitative estimate of drug-likeness (QED) is 0.484. The molecule has 0 N–H and O–H groups in total. The van der Waals surface area contributed by atoms with Crippen LogP contribution in [-0.2, 0) is 4.79 Å². The lowest BCUT2D eigenvalue weighted by atomic mass is 10.1. The minimum atomic E-state index is -0.364. The second-order valence-electron chi connectivity index (χ2n) is 7.36. The van der Waals surface area contributed by atoms with Crippen LogP contribution in [0.5, 0.6) is 11.5 Å². The third kappa shape index (κ3) is 4.11. The summed E-state index contributed by atoms with van der Waals surface area (Å²) in [5.74, 6) is 0.767. The molecule has 1 saturated heterocycles. The molecule has 0 radical (unpaired) electrons. The van der Waals surface area contributed by atoms with Gasteiger partial charge >= 0.3 is 0 Å². The van der Waals surface area contributed by atoms with Gasteiger partial charge in [0.15, 0.2) is 16.7 Å². The fourth-order valence-electron chi connectivity index (χ4n) is 3.40. The summed E-state index contributed by atoms with van der Waals surface area (Å²) >= 11 is 1.28. The van der Waals surface area contributed by atoms with Gasteiger partial charge in [-0.3, -0.25) is 9.69 Å². The van der Waals surface area contributed by atoms with E-state index in [-0.39, 0.29) is 11.7 Å². The van der Waals surface area contributed by atoms with E-state index in [1.54, 1.807) is 18.2 Å². The van der Waals surface area contributed by atoms with E-state index in [2.05, 4.69) is 0 Å². The zero-order chi connectivity index (χ0) is 22.1. The molecule has 32 heavy (non-hydrogen) atoms. The van der Waals surface area contributed by atoms with Gasteiger partial charge in [0.2, 0.25) is 0 Å². The number of nitrogens with zero attached hydrogens (tertiary/aromatic N) is 2. The van der Waals surface area contributed by atoms with E-state index in [0.29, 0.717) is 40.5 Å². The number of amides is 1. The molecule has 160 valence electrons. The molecule has 7 heteroatoms. The van der Waals surface area contributed by atoms with Crippen molar-refractivity contribution in [1.82, 2.24) is 0 Å². The number of ether oxygens (including phenoxy) is 2. The number of aryl methyl sites for hydroxylation is 1. The number of halogens is 1. The van der Waals surface area contributed by atoms with Crippen LogP contribution in [0, 0.1) is 12.7 Å². The van der Waals surface area contributed by atoms with Crippen LogP contribution in [0.2, 0.25) is 0 Å². The third-order valence-electron chi connectivity index (χ3n) is 5.01. The van der Waals surface area contributed by atoms with Gasteiger partial charge in [-0.25, -0.2) is 9.38 Å². The largest absolute Gasteiger partial charge is 0.486 e. The number of hydrogen-bond acceptors (Lipinski definition) is 5. The highest BCUT2D eigenvalue weighted by Crippen LogP contribution is 2.38. The van der Waals surface area contributed by atoms with Gasteiger partial charge in [0.1, 0.15) is 19.0 Å². The van der Waals surface area contributed by atoms with Crippen molar-refractivity contribution < 1.29 is 18.7 Å². The molecule has 3 aromatic carbocycles. The summed E-state index contributed by atoms with van der Waals surface area (Å²) in [5, 5.41) is 0.509. The molecule has 2 aliphatic heterocycles. The highest BCUT2D eigenvalue weighted by molar-refractivity contribution is 8.19. The molecule has 2 aliphatic rings. The minimum Gasteiger partial charge on any atom is -0.486 e. The van der Waals surface area contributed by atoms with Crippen molar-refractivity contribution in [2.24, 2.45) is 4.99 Å². The van der Waals surface area contributed by atoms with Crippen molar-refractivity contribution in [3.05, 3.63) is 88.6 Å². The third-order valence-corrected chi connectivity index (χ3v) is 5.98. The maximum Gasteiger partial charge on any atom is 0.271 e. The monoisotopic (exact) mass is 446 g/mol. The van der Waals surface area contributed by atoms with Crippen LogP contribution in [0.15, 0.2) is 76.6 Å². The molecule has 0 aromatic heterocycles. The van der Waals surface area contributed by atoms with Gasteiger partial charge in [0.05, 0.1) is 16.3 Å². The highest BCUT2D eigenvalue weighted by atomic mass is 32.2. The molecule has 0 bridgehead atoms.